The van der Waals surface area contributed by atoms with Gasteiger partial charge in [-0.1, -0.05) is 36.4 Å². The second kappa shape index (κ2) is 4.88. The summed E-state index contributed by atoms with van der Waals surface area (Å²) in [5.41, 5.74) is 6.60. The number of aryl methyl sites for hydroxylation is 1. The summed E-state index contributed by atoms with van der Waals surface area (Å²) in [4.78, 5) is 3.49. The Labute approximate surface area is 124 Å². The molecule has 102 valence electrons. The van der Waals surface area contributed by atoms with Gasteiger partial charge in [0.25, 0.3) is 0 Å². The summed E-state index contributed by atoms with van der Waals surface area (Å²) in [6.45, 7) is 2.17. The van der Waals surface area contributed by atoms with Crippen LogP contribution >= 0.6 is 12.4 Å². The van der Waals surface area contributed by atoms with Gasteiger partial charge in [0.1, 0.15) is 0 Å². The lowest BCUT2D eigenvalue weighted by atomic mass is 10.00. The maximum atomic E-state index is 3.65. The molecule has 3 aromatic rings. The summed E-state index contributed by atoms with van der Waals surface area (Å²) in [7, 11) is 0. The van der Waals surface area contributed by atoms with Gasteiger partial charge in [-0.05, 0) is 31.0 Å². The number of nitrogens with one attached hydrogen (secondary N) is 2. The van der Waals surface area contributed by atoms with Gasteiger partial charge in [-0.25, -0.2) is 0 Å². The van der Waals surface area contributed by atoms with Crippen LogP contribution in [-0.2, 0) is 6.42 Å². The molecule has 1 atom stereocenters. The highest BCUT2D eigenvalue weighted by atomic mass is 35.5. The van der Waals surface area contributed by atoms with Crippen LogP contribution < -0.4 is 5.32 Å². The number of aromatic amines is 1. The summed E-state index contributed by atoms with van der Waals surface area (Å²) in [5, 5.41) is 4.99. The van der Waals surface area contributed by atoms with Crippen molar-refractivity contribution in [2.45, 2.75) is 19.4 Å². The first-order valence-electron chi connectivity index (χ1n) is 6.74. The number of fused-ring (bicyclic) bond motifs is 2. The molecule has 20 heavy (non-hydrogen) atoms. The van der Waals surface area contributed by atoms with Gasteiger partial charge < -0.3 is 10.3 Å². The molecule has 1 unspecified atom stereocenters. The van der Waals surface area contributed by atoms with Crippen LogP contribution in [-0.4, -0.2) is 4.98 Å². The van der Waals surface area contributed by atoms with Gasteiger partial charge in [0.05, 0.1) is 6.04 Å². The minimum Gasteiger partial charge on any atom is -0.378 e. The van der Waals surface area contributed by atoms with Gasteiger partial charge in [0, 0.05) is 27.8 Å². The minimum atomic E-state index is 0. The summed E-state index contributed by atoms with van der Waals surface area (Å²) < 4.78 is 0. The smallest absolute Gasteiger partial charge is 0.0578 e. The Hall–Kier alpha value is -1.93. The lowest BCUT2D eigenvalue weighted by molar-refractivity contribution is 0.822. The molecule has 1 aliphatic rings. The molecule has 1 aromatic heterocycles. The third-order valence-corrected chi connectivity index (χ3v) is 4.06. The van der Waals surface area contributed by atoms with Gasteiger partial charge in [0.2, 0.25) is 0 Å². The Morgan fingerprint density at radius 1 is 1.00 bits per heavy atom. The zero-order chi connectivity index (χ0) is 12.8. The lowest BCUT2D eigenvalue weighted by Gasteiger charge is -2.12. The Morgan fingerprint density at radius 2 is 1.75 bits per heavy atom. The Balaban J connectivity index is 0.00000121. The number of benzene rings is 2. The molecule has 4 rings (SSSR count). The molecule has 0 radical (unpaired) electrons. The minimum absolute atomic E-state index is 0. The van der Waals surface area contributed by atoms with E-state index in [9.17, 15) is 0 Å². The van der Waals surface area contributed by atoms with Crippen LogP contribution in [0.4, 0.5) is 5.69 Å². The van der Waals surface area contributed by atoms with Crippen LogP contribution in [0.3, 0.4) is 0 Å². The van der Waals surface area contributed by atoms with E-state index in [0.29, 0.717) is 6.04 Å². The molecular weight excluding hydrogens is 268 g/mol. The second-order valence-electron chi connectivity index (χ2n) is 5.27. The molecule has 2 N–H and O–H groups in total. The number of para-hydroxylation sites is 2. The Bertz CT molecular complexity index is 736. The number of rotatable bonds is 1. The molecule has 2 heterocycles. The average molecular weight is 285 g/mol. The topological polar surface area (TPSA) is 27.8 Å². The predicted octanol–water partition coefficient (Wildman–Crippen LogP) is 4.61. The van der Waals surface area contributed by atoms with Crippen LogP contribution in [0.25, 0.3) is 10.9 Å². The van der Waals surface area contributed by atoms with Crippen molar-refractivity contribution in [3.63, 3.8) is 0 Å². The first kappa shape index (κ1) is 13.1. The van der Waals surface area contributed by atoms with Crippen LogP contribution in [0.2, 0.25) is 0 Å². The van der Waals surface area contributed by atoms with Crippen molar-refractivity contribution < 1.29 is 0 Å². The van der Waals surface area contributed by atoms with Crippen molar-refractivity contribution in [1.82, 2.24) is 4.98 Å². The number of aromatic nitrogens is 1. The fraction of sp³-hybridized carbons (Fsp3) is 0.176. The van der Waals surface area contributed by atoms with Crippen molar-refractivity contribution in [2.24, 2.45) is 0 Å². The summed E-state index contributed by atoms with van der Waals surface area (Å²) in [6, 6.07) is 17.5. The van der Waals surface area contributed by atoms with E-state index >= 15 is 0 Å². The SMILES string of the molecule is Cc1[nH]c2ccccc2c1C1Cc2ccccc2N1.Cl. The Morgan fingerprint density at radius 3 is 2.60 bits per heavy atom. The highest BCUT2D eigenvalue weighted by Crippen LogP contribution is 2.38. The first-order valence-corrected chi connectivity index (χ1v) is 6.74. The largest absolute Gasteiger partial charge is 0.378 e. The summed E-state index contributed by atoms with van der Waals surface area (Å²) >= 11 is 0. The molecular formula is C17H17ClN2. The van der Waals surface area contributed by atoms with E-state index in [0.717, 1.165) is 6.42 Å². The zero-order valence-electron chi connectivity index (χ0n) is 11.3. The molecule has 0 saturated carbocycles. The quantitative estimate of drug-likeness (QED) is 0.671. The average Bonchev–Trinajstić information content (AvgIpc) is 2.97. The fourth-order valence-corrected chi connectivity index (χ4v) is 3.22. The molecule has 2 aromatic carbocycles. The molecule has 0 saturated heterocycles. The van der Waals surface area contributed by atoms with Gasteiger partial charge in [-0.2, -0.15) is 0 Å². The predicted molar refractivity (Wildman–Crippen MR) is 86.8 cm³/mol. The van der Waals surface area contributed by atoms with E-state index in [4.69, 9.17) is 0 Å². The van der Waals surface area contributed by atoms with E-state index in [1.165, 1.54) is 33.4 Å². The number of hydrogen-bond acceptors (Lipinski definition) is 1. The monoisotopic (exact) mass is 284 g/mol. The van der Waals surface area contributed by atoms with Gasteiger partial charge in [-0.15, -0.1) is 12.4 Å². The van der Waals surface area contributed by atoms with E-state index in [1.54, 1.807) is 0 Å². The molecule has 0 spiro atoms. The molecule has 0 bridgehead atoms. The van der Waals surface area contributed by atoms with Gasteiger partial charge in [0.15, 0.2) is 0 Å². The zero-order valence-corrected chi connectivity index (χ0v) is 12.1. The summed E-state index contributed by atoms with van der Waals surface area (Å²) in [6.07, 6.45) is 1.07. The maximum absolute atomic E-state index is 3.65. The van der Waals surface area contributed by atoms with E-state index < -0.39 is 0 Å². The molecule has 3 heteroatoms. The van der Waals surface area contributed by atoms with Crippen molar-refractivity contribution in [3.05, 3.63) is 65.4 Å². The number of H-pyrrole nitrogens is 1. The Kier molecular flexibility index (Phi) is 3.19. The van der Waals surface area contributed by atoms with Crippen LogP contribution in [0, 0.1) is 6.92 Å². The molecule has 0 fully saturated rings. The highest BCUT2D eigenvalue weighted by molar-refractivity contribution is 5.86. The second-order valence-corrected chi connectivity index (χ2v) is 5.27. The number of hydrogen-bond donors (Lipinski definition) is 2. The first-order chi connectivity index (χ1) is 9.33. The van der Waals surface area contributed by atoms with Crippen molar-refractivity contribution in [3.8, 4) is 0 Å². The molecule has 0 aliphatic carbocycles. The van der Waals surface area contributed by atoms with E-state index in [-0.39, 0.29) is 12.4 Å². The lowest BCUT2D eigenvalue weighted by Crippen LogP contribution is -2.06. The normalized spacial score (nSPS) is 16.6. The third-order valence-electron chi connectivity index (χ3n) is 4.06. The highest BCUT2D eigenvalue weighted by Gasteiger charge is 2.25. The van der Waals surface area contributed by atoms with E-state index in [2.05, 4.69) is 65.8 Å². The number of anilines is 1. The van der Waals surface area contributed by atoms with Crippen molar-refractivity contribution in [1.29, 1.82) is 0 Å². The summed E-state index contributed by atoms with van der Waals surface area (Å²) in [5.74, 6) is 0. The fourth-order valence-electron chi connectivity index (χ4n) is 3.22. The van der Waals surface area contributed by atoms with Crippen LogP contribution in [0.1, 0.15) is 22.9 Å². The van der Waals surface area contributed by atoms with Crippen molar-refractivity contribution >= 4 is 29.0 Å². The molecule has 2 nitrogen and oxygen atoms in total. The van der Waals surface area contributed by atoms with Gasteiger partial charge in [-0.3, -0.25) is 0 Å². The maximum Gasteiger partial charge on any atom is 0.0578 e. The number of halogens is 1. The standard InChI is InChI=1S/C17H16N2.ClH/c1-11-17(13-7-3-5-9-15(13)18-11)16-10-12-6-2-4-8-14(12)19-16;/h2-9,16,18-19H,10H2,1H3;1H. The van der Waals surface area contributed by atoms with E-state index in [1.807, 2.05) is 0 Å². The van der Waals surface area contributed by atoms with Crippen LogP contribution in [0.15, 0.2) is 48.5 Å². The van der Waals surface area contributed by atoms with Gasteiger partial charge >= 0.3 is 0 Å². The third kappa shape index (κ3) is 1.88. The van der Waals surface area contributed by atoms with Crippen LogP contribution in [0.5, 0.6) is 0 Å². The molecule has 1 aliphatic heterocycles. The van der Waals surface area contributed by atoms with Crippen molar-refractivity contribution in [2.75, 3.05) is 5.32 Å². The molecule has 0 amide bonds.